The highest BCUT2D eigenvalue weighted by atomic mass is 16.5. The van der Waals surface area contributed by atoms with E-state index in [1.165, 1.54) is 0 Å². The molecule has 0 amide bonds. The van der Waals surface area contributed by atoms with Crippen LogP contribution in [0.2, 0.25) is 0 Å². The van der Waals surface area contributed by atoms with Crippen molar-refractivity contribution in [3.63, 3.8) is 0 Å². The van der Waals surface area contributed by atoms with Gasteiger partial charge in [-0.15, -0.1) is 0 Å². The Morgan fingerprint density at radius 3 is 2.66 bits per heavy atom. The van der Waals surface area contributed by atoms with E-state index in [0.717, 1.165) is 52.4 Å². The second kappa shape index (κ2) is 8.37. The van der Waals surface area contributed by atoms with Crippen molar-refractivity contribution in [1.82, 2.24) is 24.0 Å². The Morgan fingerprint density at radius 1 is 1.16 bits per heavy atom. The Hall–Kier alpha value is -3.23. The topological polar surface area (TPSA) is 74.4 Å². The van der Waals surface area contributed by atoms with Crippen molar-refractivity contribution in [2.24, 2.45) is 7.05 Å². The van der Waals surface area contributed by atoms with E-state index >= 15 is 0 Å². The minimum absolute atomic E-state index is 0.0816. The van der Waals surface area contributed by atoms with Crippen LogP contribution in [0.15, 0.2) is 47.5 Å². The van der Waals surface area contributed by atoms with Crippen LogP contribution in [0.1, 0.15) is 19.1 Å². The second-order valence-electron chi connectivity index (χ2n) is 8.44. The molecular formula is C24H27N5O3. The Bertz CT molecular complexity index is 1320. The number of hydrogen-bond acceptors (Lipinski definition) is 6. The summed E-state index contributed by atoms with van der Waals surface area (Å²) in [6.07, 6.45) is 5.16. The third kappa shape index (κ3) is 3.65. The van der Waals surface area contributed by atoms with Gasteiger partial charge in [0.1, 0.15) is 6.23 Å². The molecule has 3 aromatic heterocycles. The summed E-state index contributed by atoms with van der Waals surface area (Å²) in [4.78, 5) is 24.1. The van der Waals surface area contributed by atoms with Crippen LogP contribution >= 0.6 is 0 Å². The lowest BCUT2D eigenvalue weighted by Gasteiger charge is -2.27. The Balaban J connectivity index is 1.50. The number of rotatable bonds is 7. The summed E-state index contributed by atoms with van der Waals surface area (Å²) >= 11 is 0. The standard InChI is InChI=1S/C24H27N5O3/c1-27(2)10-4-11-31-21-8-6-17(14-26-21)16-5-7-19-18(13-16)23-20(15-25-19)28(3)24(30)29(23)22-9-12-32-22/h5-8,13-15,22H,4,9-12H2,1-3H3. The molecule has 0 saturated carbocycles. The van der Waals surface area contributed by atoms with Gasteiger partial charge in [-0.05, 0) is 44.3 Å². The van der Waals surface area contributed by atoms with Crippen LogP contribution < -0.4 is 10.4 Å². The maximum absolute atomic E-state index is 12.9. The molecule has 0 aliphatic carbocycles. The van der Waals surface area contributed by atoms with Crippen molar-refractivity contribution in [3.05, 3.63) is 53.2 Å². The molecule has 0 N–H and O–H groups in total. The van der Waals surface area contributed by atoms with Gasteiger partial charge in [0, 0.05) is 43.2 Å². The first-order chi connectivity index (χ1) is 15.5. The lowest BCUT2D eigenvalue weighted by Crippen LogP contribution is -2.33. The van der Waals surface area contributed by atoms with E-state index < -0.39 is 0 Å². The minimum atomic E-state index is -0.217. The predicted octanol–water partition coefficient (Wildman–Crippen LogP) is 3.20. The van der Waals surface area contributed by atoms with E-state index in [1.54, 1.807) is 22.4 Å². The van der Waals surface area contributed by atoms with Gasteiger partial charge in [0.05, 0.1) is 36.0 Å². The molecule has 0 radical (unpaired) electrons. The summed E-state index contributed by atoms with van der Waals surface area (Å²) in [6.45, 7) is 2.30. The van der Waals surface area contributed by atoms with Gasteiger partial charge in [0.15, 0.2) is 0 Å². The molecule has 1 fully saturated rings. The summed E-state index contributed by atoms with van der Waals surface area (Å²) in [6, 6.07) is 10.00. The third-order valence-electron chi connectivity index (χ3n) is 5.95. The second-order valence-corrected chi connectivity index (χ2v) is 8.44. The number of nitrogens with zero attached hydrogens (tertiary/aromatic N) is 5. The predicted molar refractivity (Wildman–Crippen MR) is 124 cm³/mol. The average molecular weight is 434 g/mol. The largest absolute Gasteiger partial charge is 0.478 e. The molecule has 5 rings (SSSR count). The molecule has 4 aromatic rings. The number of pyridine rings is 2. The normalized spacial score (nSPS) is 16.1. The van der Waals surface area contributed by atoms with E-state index in [0.29, 0.717) is 19.1 Å². The van der Waals surface area contributed by atoms with Gasteiger partial charge in [-0.25, -0.2) is 9.78 Å². The zero-order valence-electron chi connectivity index (χ0n) is 18.6. The summed E-state index contributed by atoms with van der Waals surface area (Å²) < 4.78 is 14.8. The Morgan fingerprint density at radius 2 is 1.97 bits per heavy atom. The van der Waals surface area contributed by atoms with Crippen molar-refractivity contribution >= 4 is 21.9 Å². The van der Waals surface area contributed by atoms with Crippen LogP contribution in [0.5, 0.6) is 5.88 Å². The van der Waals surface area contributed by atoms with Crippen molar-refractivity contribution in [2.45, 2.75) is 19.1 Å². The molecule has 1 aromatic carbocycles. The molecular weight excluding hydrogens is 406 g/mol. The Kier molecular flexibility index (Phi) is 5.40. The van der Waals surface area contributed by atoms with Gasteiger partial charge in [-0.1, -0.05) is 6.07 Å². The smallest absolute Gasteiger partial charge is 0.331 e. The highest BCUT2D eigenvalue weighted by Crippen LogP contribution is 2.32. The lowest BCUT2D eigenvalue weighted by molar-refractivity contribution is -0.0989. The first-order valence-electron chi connectivity index (χ1n) is 10.9. The van der Waals surface area contributed by atoms with Gasteiger partial charge in [-0.3, -0.25) is 14.1 Å². The van der Waals surface area contributed by atoms with Gasteiger partial charge in [0.2, 0.25) is 5.88 Å². The van der Waals surface area contributed by atoms with Gasteiger partial charge in [-0.2, -0.15) is 0 Å². The van der Waals surface area contributed by atoms with E-state index in [4.69, 9.17) is 9.47 Å². The fourth-order valence-electron chi connectivity index (χ4n) is 4.09. The van der Waals surface area contributed by atoms with E-state index in [2.05, 4.69) is 20.9 Å². The van der Waals surface area contributed by atoms with Crippen LogP contribution in [-0.2, 0) is 11.8 Å². The summed E-state index contributed by atoms with van der Waals surface area (Å²) in [7, 11) is 5.88. The average Bonchev–Trinajstić information content (AvgIpc) is 3.01. The molecule has 4 heterocycles. The van der Waals surface area contributed by atoms with Gasteiger partial charge >= 0.3 is 5.69 Å². The van der Waals surface area contributed by atoms with Gasteiger partial charge < -0.3 is 14.4 Å². The minimum Gasteiger partial charge on any atom is -0.478 e. The SMILES string of the molecule is CN(C)CCCOc1ccc(-c2ccc3ncc4c(c3c2)n(C2CCO2)c(=O)n4C)cn1. The third-order valence-corrected chi connectivity index (χ3v) is 5.95. The lowest BCUT2D eigenvalue weighted by atomic mass is 10.0. The fraction of sp³-hybridized carbons (Fsp3) is 0.375. The molecule has 8 nitrogen and oxygen atoms in total. The number of imidazole rings is 1. The van der Waals surface area contributed by atoms with Crippen LogP contribution in [0.25, 0.3) is 33.1 Å². The summed E-state index contributed by atoms with van der Waals surface area (Å²) in [5.74, 6) is 0.622. The quantitative estimate of drug-likeness (QED) is 0.417. The molecule has 0 bridgehead atoms. The summed E-state index contributed by atoms with van der Waals surface area (Å²) in [5.41, 5.74) is 4.42. The monoisotopic (exact) mass is 433 g/mol. The zero-order chi connectivity index (χ0) is 22.2. The number of aromatic nitrogens is 4. The first kappa shape index (κ1) is 20.7. The maximum Gasteiger partial charge on any atom is 0.331 e. The van der Waals surface area contributed by atoms with Crippen LogP contribution in [-0.4, -0.2) is 57.9 Å². The zero-order valence-corrected chi connectivity index (χ0v) is 18.6. The van der Waals surface area contributed by atoms with E-state index in [-0.39, 0.29) is 11.9 Å². The molecule has 8 heteroatoms. The molecule has 1 unspecified atom stereocenters. The molecule has 1 saturated heterocycles. The fourth-order valence-corrected chi connectivity index (χ4v) is 4.09. The Labute approximate surface area is 186 Å². The molecule has 166 valence electrons. The van der Waals surface area contributed by atoms with E-state index in [1.807, 2.05) is 44.6 Å². The number of benzene rings is 1. The van der Waals surface area contributed by atoms with Crippen molar-refractivity contribution in [2.75, 3.05) is 33.9 Å². The number of aryl methyl sites for hydroxylation is 1. The number of hydrogen-bond donors (Lipinski definition) is 0. The molecule has 0 spiro atoms. The molecule has 1 aliphatic heterocycles. The summed E-state index contributed by atoms with van der Waals surface area (Å²) in [5, 5.41) is 0.928. The molecule has 32 heavy (non-hydrogen) atoms. The van der Waals surface area contributed by atoms with Gasteiger partial charge in [0.25, 0.3) is 0 Å². The highest BCUT2D eigenvalue weighted by Gasteiger charge is 2.26. The first-order valence-corrected chi connectivity index (χ1v) is 10.9. The number of ether oxygens (including phenoxy) is 2. The highest BCUT2D eigenvalue weighted by molar-refractivity contribution is 6.04. The van der Waals surface area contributed by atoms with Crippen LogP contribution in [0.3, 0.4) is 0 Å². The van der Waals surface area contributed by atoms with Crippen molar-refractivity contribution in [3.8, 4) is 17.0 Å². The maximum atomic E-state index is 12.9. The van der Waals surface area contributed by atoms with Crippen molar-refractivity contribution < 1.29 is 9.47 Å². The molecule has 1 aliphatic rings. The number of fused-ring (bicyclic) bond motifs is 3. The van der Waals surface area contributed by atoms with Crippen LogP contribution in [0, 0.1) is 0 Å². The van der Waals surface area contributed by atoms with Crippen molar-refractivity contribution in [1.29, 1.82) is 0 Å². The van der Waals surface area contributed by atoms with Crippen LogP contribution in [0.4, 0.5) is 0 Å². The van der Waals surface area contributed by atoms with E-state index in [9.17, 15) is 4.79 Å². The molecule has 1 atom stereocenters.